The summed E-state index contributed by atoms with van der Waals surface area (Å²) in [5.41, 5.74) is 3.17. The number of rotatable bonds is 3. The number of hydrogen-bond acceptors (Lipinski definition) is 6. The van der Waals surface area contributed by atoms with Crippen molar-refractivity contribution in [3.8, 4) is 34.4 Å². The molecule has 0 fully saturated rings. The summed E-state index contributed by atoms with van der Waals surface area (Å²) in [7, 11) is 1.53. The van der Waals surface area contributed by atoms with Gasteiger partial charge < -0.3 is 9.15 Å². The lowest BCUT2D eigenvalue weighted by Gasteiger charge is -2.02. The van der Waals surface area contributed by atoms with Crippen LogP contribution in [0.5, 0.6) is 5.75 Å². The number of aromatic amines is 1. The van der Waals surface area contributed by atoms with E-state index in [1.165, 1.54) is 11.6 Å². The third-order valence-corrected chi connectivity index (χ3v) is 4.95. The Labute approximate surface area is 170 Å². The number of hydrogen-bond donors (Lipinski definition) is 1. The van der Waals surface area contributed by atoms with Gasteiger partial charge in [-0.05, 0) is 24.6 Å². The molecule has 5 aromatic rings. The van der Waals surface area contributed by atoms with Crippen molar-refractivity contribution in [1.29, 1.82) is 5.26 Å². The molecule has 1 N–H and O–H groups in total. The van der Waals surface area contributed by atoms with Gasteiger partial charge in [0.2, 0.25) is 5.89 Å². The van der Waals surface area contributed by atoms with E-state index in [2.05, 4.69) is 15.1 Å². The van der Waals surface area contributed by atoms with Crippen LogP contribution in [0.15, 0.2) is 57.7 Å². The number of methoxy groups -OCH3 is 1. The number of fused-ring (bicyclic) bond motifs is 2. The quantitative estimate of drug-likeness (QED) is 0.497. The molecule has 8 nitrogen and oxygen atoms in total. The van der Waals surface area contributed by atoms with Crippen molar-refractivity contribution in [3.05, 3.63) is 70.3 Å². The van der Waals surface area contributed by atoms with E-state index in [4.69, 9.17) is 9.15 Å². The number of aryl methyl sites for hydroxylation is 1. The maximum atomic E-state index is 13.3. The zero-order chi connectivity index (χ0) is 20.8. The SMILES string of the molecule is COc1cccc2oc(-c3c(C#N)nc4c(-c5ccccc5)c(C)[nH]n4c3=O)nc12. The van der Waals surface area contributed by atoms with Gasteiger partial charge in [0.25, 0.3) is 5.56 Å². The summed E-state index contributed by atoms with van der Waals surface area (Å²) in [5.74, 6) is 0.531. The number of nitrogens with zero attached hydrogens (tertiary/aromatic N) is 4. The topological polar surface area (TPSA) is 109 Å². The molecule has 30 heavy (non-hydrogen) atoms. The number of aromatic nitrogens is 4. The fourth-order valence-corrected chi connectivity index (χ4v) is 3.60. The molecule has 146 valence electrons. The first-order valence-electron chi connectivity index (χ1n) is 9.17. The van der Waals surface area contributed by atoms with Crippen LogP contribution in [0.4, 0.5) is 0 Å². The summed E-state index contributed by atoms with van der Waals surface area (Å²) in [6.07, 6.45) is 0. The van der Waals surface area contributed by atoms with E-state index < -0.39 is 5.56 Å². The molecule has 8 heteroatoms. The Balaban J connectivity index is 1.82. The van der Waals surface area contributed by atoms with Crippen LogP contribution in [-0.2, 0) is 0 Å². The zero-order valence-electron chi connectivity index (χ0n) is 16.1. The number of nitriles is 1. The average molecular weight is 397 g/mol. The molecule has 0 amide bonds. The van der Waals surface area contributed by atoms with Gasteiger partial charge >= 0.3 is 0 Å². The molecule has 5 rings (SSSR count). The summed E-state index contributed by atoms with van der Waals surface area (Å²) < 4.78 is 12.4. The molecule has 2 aromatic carbocycles. The van der Waals surface area contributed by atoms with Crippen molar-refractivity contribution in [2.45, 2.75) is 6.92 Å². The Morgan fingerprint density at radius 1 is 1.10 bits per heavy atom. The van der Waals surface area contributed by atoms with Gasteiger partial charge in [0.05, 0.1) is 7.11 Å². The number of nitrogens with one attached hydrogen (secondary N) is 1. The van der Waals surface area contributed by atoms with E-state index in [-0.39, 0.29) is 17.1 Å². The van der Waals surface area contributed by atoms with Crippen LogP contribution >= 0.6 is 0 Å². The van der Waals surface area contributed by atoms with Gasteiger partial charge in [-0.15, -0.1) is 0 Å². The van der Waals surface area contributed by atoms with Crippen LogP contribution in [-0.4, -0.2) is 26.7 Å². The molecule has 0 saturated carbocycles. The van der Waals surface area contributed by atoms with E-state index in [0.717, 1.165) is 16.8 Å². The molecule has 0 radical (unpaired) electrons. The molecular weight excluding hydrogens is 382 g/mol. The molecule has 0 aliphatic carbocycles. The van der Waals surface area contributed by atoms with Crippen LogP contribution < -0.4 is 10.3 Å². The van der Waals surface area contributed by atoms with E-state index in [1.807, 2.05) is 43.3 Å². The lowest BCUT2D eigenvalue weighted by Crippen LogP contribution is -2.19. The molecule has 0 saturated heterocycles. The Kier molecular flexibility index (Phi) is 3.89. The van der Waals surface area contributed by atoms with Crippen LogP contribution in [0.25, 0.3) is 39.3 Å². The normalized spacial score (nSPS) is 11.1. The van der Waals surface area contributed by atoms with Gasteiger partial charge in [0.15, 0.2) is 22.4 Å². The van der Waals surface area contributed by atoms with Gasteiger partial charge in [-0.25, -0.2) is 14.5 Å². The minimum Gasteiger partial charge on any atom is -0.494 e. The highest BCUT2D eigenvalue weighted by Crippen LogP contribution is 2.31. The zero-order valence-corrected chi connectivity index (χ0v) is 16.1. The number of ether oxygens (including phenoxy) is 1. The summed E-state index contributed by atoms with van der Waals surface area (Å²) in [4.78, 5) is 22.2. The van der Waals surface area contributed by atoms with Crippen molar-refractivity contribution >= 4 is 16.7 Å². The van der Waals surface area contributed by atoms with E-state index >= 15 is 0 Å². The number of H-pyrrole nitrogens is 1. The number of para-hydroxylation sites is 1. The highest BCUT2D eigenvalue weighted by atomic mass is 16.5. The van der Waals surface area contributed by atoms with Crippen LogP contribution in [0.3, 0.4) is 0 Å². The average Bonchev–Trinajstić information content (AvgIpc) is 3.34. The van der Waals surface area contributed by atoms with Gasteiger partial charge in [0.1, 0.15) is 17.4 Å². The second-order valence-electron chi connectivity index (χ2n) is 6.72. The monoisotopic (exact) mass is 397 g/mol. The van der Waals surface area contributed by atoms with Gasteiger partial charge in [-0.3, -0.25) is 9.89 Å². The highest BCUT2D eigenvalue weighted by Gasteiger charge is 2.24. The minimum absolute atomic E-state index is 0.00545. The summed E-state index contributed by atoms with van der Waals surface area (Å²) in [6, 6.07) is 16.8. The predicted octanol–water partition coefficient (Wildman–Crippen LogP) is 3.69. The summed E-state index contributed by atoms with van der Waals surface area (Å²) >= 11 is 0. The van der Waals surface area contributed by atoms with Crippen molar-refractivity contribution in [2.24, 2.45) is 0 Å². The van der Waals surface area contributed by atoms with E-state index in [9.17, 15) is 10.1 Å². The summed E-state index contributed by atoms with van der Waals surface area (Å²) in [6.45, 7) is 1.85. The van der Waals surface area contributed by atoms with Gasteiger partial charge in [0, 0.05) is 11.3 Å². The first-order chi connectivity index (χ1) is 14.6. The van der Waals surface area contributed by atoms with Crippen molar-refractivity contribution in [3.63, 3.8) is 0 Å². The van der Waals surface area contributed by atoms with Gasteiger partial charge in [-0.1, -0.05) is 36.4 Å². The van der Waals surface area contributed by atoms with E-state index in [0.29, 0.717) is 22.5 Å². The van der Waals surface area contributed by atoms with Crippen LogP contribution in [0, 0.1) is 18.3 Å². The lowest BCUT2D eigenvalue weighted by atomic mass is 10.1. The second-order valence-corrected chi connectivity index (χ2v) is 6.72. The Morgan fingerprint density at radius 2 is 1.90 bits per heavy atom. The molecule has 0 atom stereocenters. The largest absolute Gasteiger partial charge is 0.494 e. The maximum absolute atomic E-state index is 13.3. The smallest absolute Gasteiger partial charge is 0.286 e. The Bertz CT molecular complexity index is 1520. The predicted molar refractivity (Wildman–Crippen MR) is 110 cm³/mol. The molecule has 0 unspecified atom stereocenters. The standard InChI is InChI=1S/C22H15N5O3/c1-12-17(13-7-4-3-5-8-13)20-24-14(11-23)18(22(28)27(20)26-12)21-25-19-15(29-2)9-6-10-16(19)30-21/h3-10,26H,1-2H3. The molecule has 0 bridgehead atoms. The fourth-order valence-electron chi connectivity index (χ4n) is 3.60. The minimum atomic E-state index is -0.465. The Morgan fingerprint density at radius 3 is 2.63 bits per heavy atom. The lowest BCUT2D eigenvalue weighted by molar-refractivity contribution is 0.419. The first kappa shape index (κ1) is 17.7. The van der Waals surface area contributed by atoms with Crippen molar-refractivity contribution < 1.29 is 9.15 Å². The van der Waals surface area contributed by atoms with Crippen molar-refractivity contribution in [2.75, 3.05) is 7.11 Å². The van der Waals surface area contributed by atoms with Crippen LogP contribution in [0.2, 0.25) is 0 Å². The molecule has 3 heterocycles. The number of benzene rings is 2. The molecule has 0 spiro atoms. The molecule has 0 aliphatic heterocycles. The molecule has 3 aromatic heterocycles. The van der Waals surface area contributed by atoms with E-state index in [1.54, 1.807) is 18.2 Å². The number of oxazole rings is 1. The van der Waals surface area contributed by atoms with Crippen LogP contribution in [0.1, 0.15) is 11.4 Å². The first-order valence-corrected chi connectivity index (χ1v) is 9.17. The Hall–Kier alpha value is -4.38. The third kappa shape index (κ3) is 2.49. The van der Waals surface area contributed by atoms with Crippen molar-refractivity contribution in [1.82, 2.24) is 19.6 Å². The summed E-state index contributed by atoms with van der Waals surface area (Å²) in [5, 5.41) is 12.8. The third-order valence-electron chi connectivity index (χ3n) is 4.95. The second kappa shape index (κ2) is 6.60. The fraction of sp³-hybridized carbons (Fsp3) is 0.0909. The maximum Gasteiger partial charge on any atom is 0.286 e. The van der Waals surface area contributed by atoms with Gasteiger partial charge in [-0.2, -0.15) is 5.26 Å². The molecule has 0 aliphatic rings. The highest BCUT2D eigenvalue weighted by molar-refractivity contribution is 5.84. The molecular formula is C22H15N5O3.